The molecule has 3 heterocycles. The summed E-state index contributed by atoms with van der Waals surface area (Å²) in [7, 11) is 0. The molecule has 4 aliphatic carbocycles. The van der Waals surface area contributed by atoms with Gasteiger partial charge < -0.3 is 39.4 Å². The molecule has 0 bridgehead atoms. The predicted octanol–water partition coefficient (Wildman–Crippen LogP) is 3.07. The first-order valence-electron chi connectivity index (χ1n) is 15.6. The highest BCUT2D eigenvalue weighted by Gasteiger charge is 2.69. The zero-order chi connectivity index (χ0) is 28.2. The Balaban J connectivity index is 1.15. The van der Waals surface area contributed by atoms with Crippen LogP contribution in [0.4, 0.5) is 0 Å². The van der Waals surface area contributed by atoms with Crippen LogP contribution >= 0.6 is 0 Å². The van der Waals surface area contributed by atoms with Gasteiger partial charge >= 0.3 is 0 Å². The number of aliphatic hydroxyl groups is 4. The molecule has 0 aromatic rings. The van der Waals surface area contributed by atoms with Gasteiger partial charge in [0.15, 0.2) is 12.1 Å². The molecular weight excluding hydrogens is 512 g/mol. The largest absolute Gasteiger partial charge is 0.393 e. The molecule has 3 aliphatic heterocycles. The summed E-state index contributed by atoms with van der Waals surface area (Å²) in [6, 6.07) is 0. The zero-order valence-electron chi connectivity index (χ0n) is 24.2. The second-order valence-corrected chi connectivity index (χ2v) is 14.7. The van der Waals surface area contributed by atoms with Crippen LogP contribution in [0.25, 0.3) is 0 Å². The number of hydrogen-bond donors (Lipinski definition) is 4. The second kappa shape index (κ2) is 9.58. The SMILES string of the molecule is C=C1CC[C@@]2(OC1)OC1C[C@H]3[C@@H]4CC=C5C[C@@H](O)C[C@@H](O[C@@H]6OC[C@H](O)[C@H](O)[C@H]6O)[C@]5(C)[C@H]4CC[C@]3(C)C1[C@@H]2C. The number of fused-ring (bicyclic) bond motifs is 7. The van der Waals surface area contributed by atoms with E-state index in [9.17, 15) is 20.4 Å². The van der Waals surface area contributed by atoms with Crippen LogP contribution in [0.5, 0.6) is 0 Å². The van der Waals surface area contributed by atoms with E-state index in [2.05, 4.69) is 33.4 Å². The van der Waals surface area contributed by atoms with E-state index in [1.807, 2.05) is 0 Å². The minimum atomic E-state index is -1.34. The fourth-order valence-electron chi connectivity index (χ4n) is 10.8. The molecule has 3 saturated carbocycles. The molecule has 0 amide bonds. The first-order chi connectivity index (χ1) is 19.0. The normalized spacial score (nSPS) is 57.7. The van der Waals surface area contributed by atoms with Gasteiger partial charge in [-0.15, -0.1) is 0 Å². The summed E-state index contributed by atoms with van der Waals surface area (Å²) in [4.78, 5) is 0. The van der Waals surface area contributed by atoms with Crippen LogP contribution in [-0.2, 0) is 18.9 Å². The highest BCUT2D eigenvalue weighted by atomic mass is 16.7. The molecule has 0 radical (unpaired) electrons. The number of aliphatic hydroxyl groups excluding tert-OH is 4. The summed E-state index contributed by atoms with van der Waals surface area (Å²) in [5, 5.41) is 41.7. The van der Waals surface area contributed by atoms with Crippen molar-refractivity contribution < 1.29 is 39.4 Å². The van der Waals surface area contributed by atoms with Gasteiger partial charge in [-0.2, -0.15) is 0 Å². The van der Waals surface area contributed by atoms with Gasteiger partial charge in [0.1, 0.15) is 18.3 Å². The zero-order valence-corrected chi connectivity index (χ0v) is 24.2. The number of hydrogen-bond acceptors (Lipinski definition) is 8. The Morgan fingerprint density at radius 3 is 2.60 bits per heavy atom. The smallest absolute Gasteiger partial charge is 0.186 e. The third kappa shape index (κ3) is 3.86. The van der Waals surface area contributed by atoms with Gasteiger partial charge in [-0.25, -0.2) is 0 Å². The van der Waals surface area contributed by atoms with Gasteiger partial charge in [-0.1, -0.05) is 44.6 Å². The highest BCUT2D eigenvalue weighted by Crippen LogP contribution is 2.70. The molecule has 2 unspecified atom stereocenters. The maximum Gasteiger partial charge on any atom is 0.186 e. The van der Waals surface area contributed by atoms with E-state index >= 15 is 0 Å². The highest BCUT2D eigenvalue weighted by molar-refractivity contribution is 5.29. The fraction of sp³-hybridized carbons (Fsp3) is 0.875. The molecular formula is C32H48O8. The number of rotatable bonds is 2. The molecule has 224 valence electrons. The third-order valence-electron chi connectivity index (χ3n) is 12.9. The first kappa shape index (κ1) is 28.0. The van der Waals surface area contributed by atoms with Crippen molar-refractivity contribution in [2.75, 3.05) is 13.2 Å². The van der Waals surface area contributed by atoms with Gasteiger partial charge in [-0.3, -0.25) is 0 Å². The molecule has 15 atom stereocenters. The maximum absolute atomic E-state index is 10.8. The first-order valence-corrected chi connectivity index (χ1v) is 15.6. The van der Waals surface area contributed by atoms with Crippen LogP contribution in [0.2, 0.25) is 0 Å². The van der Waals surface area contributed by atoms with Crippen molar-refractivity contribution >= 4 is 0 Å². The summed E-state index contributed by atoms with van der Waals surface area (Å²) >= 11 is 0. The van der Waals surface area contributed by atoms with Crippen LogP contribution < -0.4 is 0 Å². The summed E-state index contributed by atoms with van der Waals surface area (Å²) < 4.78 is 25.4. The third-order valence-corrected chi connectivity index (χ3v) is 12.9. The minimum absolute atomic E-state index is 0.0929. The molecule has 8 nitrogen and oxygen atoms in total. The van der Waals surface area contributed by atoms with Crippen molar-refractivity contribution in [2.24, 2.45) is 40.4 Å². The fourth-order valence-corrected chi connectivity index (χ4v) is 10.8. The van der Waals surface area contributed by atoms with Gasteiger partial charge in [0.25, 0.3) is 0 Å². The molecule has 4 N–H and O–H groups in total. The van der Waals surface area contributed by atoms with E-state index in [0.29, 0.717) is 49.0 Å². The Labute approximate surface area is 237 Å². The van der Waals surface area contributed by atoms with E-state index in [1.165, 1.54) is 5.57 Å². The Hall–Kier alpha value is -0.840. The summed E-state index contributed by atoms with van der Waals surface area (Å²) in [6.07, 6.45) is 4.13. The quantitative estimate of drug-likeness (QED) is 0.381. The molecule has 3 saturated heterocycles. The Bertz CT molecular complexity index is 1050. The standard InChI is InChI=1S/C32H48O8/c1-16-7-10-32(38-14-16)17(2)26-24(40-32)13-22-20-6-5-18-11-19(33)12-25(31(18,4)21(20)8-9-30(22,26)3)39-29-28(36)27(35)23(34)15-37-29/h5,17,19-29,33-36H,1,6-15H2,2-4H3/t17-,19+,20+,21-,22-,23-,24?,25+,26?,27-,28+,29-,30-,31-,32+/m0/s1. The Morgan fingerprint density at radius 2 is 1.85 bits per heavy atom. The van der Waals surface area contributed by atoms with Crippen molar-refractivity contribution in [1.82, 2.24) is 0 Å². The van der Waals surface area contributed by atoms with Gasteiger partial charge in [0.2, 0.25) is 0 Å². The lowest BCUT2D eigenvalue weighted by atomic mass is 9.46. The lowest BCUT2D eigenvalue weighted by Gasteiger charge is -2.60. The van der Waals surface area contributed by atoms with E-state index in [0.717, 1.165) is 44.1 Å². The Morgan fingerprint density at radius 1 is 1.05 bits per heavy atom. The summed E-state index contributed by atoms with van der Waals surface area (Å²) in [6.45, 7) is 11.8. The van der Waals surface area contributed by atoms with Crippen LogP contribution in [0.3, 0.4) is 0 Å². The predicted molar refractivity (Wildman–Crippen MR) is 146 cm³/mol. The summed E-state index contributed by atoms with van der Waals surface area (Å²) in [5.74, 6) is 1.76. The van der Waals surface area contributed by atoms with Crippen molar-refractivity contribution in [3.05, 3.63) is 23.8 Å². The van der Waals surface area contributed by atoms with Crippen molar-refractivity contribution in [2.45, 2.75) is 121 Å². The molecule has 0 aromatic heterocycles. The van der Waals surface area contributed by atoms with Gasteiger partial charge in [0.05, 0.1) is 31.5 Å². The molecule has 1 spiro atoms. The van der Waals surface area contributed by atoms with Crippen LogP contribution in [0.15, 0.2) is 23.8 Å². The monoisotopic (exact) mass is 560 g/mol. The molecule has 7 aliphatic rings. The van der Waals surface area contributed by atoms with Gasteiger partial charge in [0, 0.05) is 24.2 Å². The van der Waals surface area contributed by atoms with Crippen LogP contribution in [0, 0.1) is 40.4 Å². The van der Waals surface area contributed by atoms with Crippen molar-refractivity contribution in [3.8, 4) is 0 Å². The van der Waals surface area contributed by atoms with E-state index in [4.69, 9.17) is 18.9 Å². The number of allylic oxidation sites excluding steroid dienone is 1. The van der Waals surface area contributed by atoms with Crippen LogP contribution in [0.1, 0.15) is 72.1 Å². The van der Waals surface area contributed by atoms with E-state index in [-0.39, 0.29) is 29.6 Å². The molecule has 40 heavy (non-hydrogen) atoms. The van der Waals surface area contributed by atoms with E-state index in [1.54, 1.807) is 0 Å². The molecule has 8 heteroatoms. The topological polar surface area (TPSA) is 118 Å². The van der Waals surface area contributed by atoms with Gasteiger partial charge in [-0.05, 0) is 67.6 Å². The summed E-state index contributed by atoms with van der Waals surface area (Å²) in [5.41, 5.74) is 2.30. The Kier molecular flexibility index (Phi) is 6.70. The van der Waals surface area contributed by atoms with E-state index < -0.39 is 36.5 Å². The maximum atomic E-state index is 10.8. The lowest BCUT2D eigenvalue weighted by Crippen LogP contribution is -2.60. The minimum Gasteiger partial charge on any atom is -0.393 e. The average molecular weight is 561 g/mol. The van der Waals surface area contributed by atoms with Crippen molar-refractivity contribution in [1.29, 1.82) is 0 Å². The lowest BCUT2D eigenvalue weighted by molar-refractivity contribution is -0.300. The molecule has 7 rings (SSSR count). The van der Waals surface area contributed by atoms with Crippen LogP contribution in [-0.4, -0.2) is 82.3 Å². The molecule has 0 aromatic carbocycles. The van der Waals surface area contributed by atoms with Crippen molar-refractivity contribution in [3.63, 3.8) is 0 Å². The second-order valence-electron chi connectivity index (χ2n) is 14.7. The average Bonchev–Trinajstić information content (AvgIpc) is 3.36. The molecule has 6 fully saturated rings. The number of ether oxygens (including phenoxy) is 4.